The first kappa shape index (κ1) is 23.2. The van der Waals surface area contributed by atoms with Gasteiger partial charge in [0.05, 0.1) is 13.0 Å². The summed E-state index contributed by atoms with van der Waals surface area (Å²) in [4.78, 5) is 29.0. The van der Waals surface area contributed by atoms with Gasteiger partial charge in [-0.2, -0.15) is 0 Å². The molecule has 0 aliphatic carbocycles. The summed E-state index contributed by atoms with van der Waals surface area (Å²) < 4.78 is 13.7. The highest BCUT2D eigenvalue weighted by molar-refractivity contribution is 6.06. The number of halogens is 1. The third-order valence-corrected chi connectivity index (χ3v) is 5.36. The molecule has 0 saturated carbocycles. The van der Waals surface area contributed by atoms with Crippen molar-refractivity contribution in [3.8, 4) is 0 Å². The lowest BCUT2D eigenvalue weighted by Crippen LogP contribution is -2.30. The molecule has 3 rings (SSSR count). The monoisotopic (exact) mass is 432 g/mol. The molecule has 0 aliphatic heterocycles. The van der Waals surface area contributed by atoms with E-state index in [9.17, 15) is 14.0 Å². The molecule has 0 fully saturated rings. The Bertz CT molecular complexity index is 1060. The van der Waals surface area contributed by atoms with Crippen molar-refractivity contribution in [2.24, 2.45) is 0 Å². The molecule has 3 aromatic carbocycles. The molecule has 32 heavy (non-hydrogen) atoms. The molecule has 0 atom stereocenters. The van der Waals surface area contributed by atoms with Gasteiger partial charge in [0.1, 0.15) is 5.82 Å². The van der Waals surface area contributed by atoms with E-state index in [2.05, 4.69) is 0 Å². The summed E-state index contributed by atoms with van der Waals surface area (Å²) in [7, 11) is 1.81. The standard InChI is InChI=1S/C27H29FN2O2/c1-4-16-29(3)26(31)18-21-10-14-25(15-11-21)30(19-22-6-5-7-24(28)17-22)27(32)23-12-8-20(2)9-13-23/h5-15,17H,4,16,18-19H2,1-3H3. The number of hydrogen-bond acceptors (Lipinski definition) is 2. The molecular formula is C27H29FN2O2. The zero-order valence-corrected chi connectivity index (χ0v) is 18.8. The highest BCUT2D eigenvalue weighted by Crippen LogP contribution is 2.22. The summed E-state index contributed by atoms with van der Waals surface area (Å²) in [6.45, 7) is 4.97. The number of rotatable bonds is 8. The maximum absolute atomic E-state index is 13.7. The molecule has 0 spiro atoms. The van der Waals surface area contributed by atoms with E-state index in [1.807, 2.05) is 50.2 Å². The van der Waals surface area contributed by atoms with Gasteiger partial charge in [-0.1, -0.05) is 48.9 Å². The highest BCUT2D eigenvalue weighted by Gasteiger charge is 2.19. The van der Waals surface area contributed by atoms with Crippen molar-refractivity contribution in [3.05, 3.63) is 101 Å². The molecule has 166 valence electrons. The largest absolute Gasteiger partial charge is 0.345 e. The van der Waals surface area contributed by atoms with Crippen molar-refractivity contribution in [1.82, 2.24) is 4.90 Å². The van der Waals surface area contributed by atoms with Crippen LogP contribution in [0.25, 0.3) is 0 Å². The Morgan fingerprint density at radius 1 is 0.906 bits per heavy atom. The minimum atomic E-state index is -0.338. The van der Waals surface area contributed by atoms with E-state index in [-0.39, 0.29) is 24.2 Å². The van der Waals surface area contributed by atoms with Crippen LogP contribution in [0.15, 0.2) is 72.8 Å². The highest BCUT2D eigenvalue weighted by atomic mass is 19.1. The number of aryl methyl sites for hydroxylation is 1. The van der Waals surface area contributed by atoms with Crippen molar-refractivity contribution in [2.75, 3.05) is 18.5 Å². The van der Waals surface area contributed by atoms with Crippen LogP contribution in [-0.2, 0) is 17.8 Å². The molecule has 3 aromatic rings. The molecule has 0 aromatic heterocycles. The van der Waals surface area contributed by atoms with Crippen LogP contribution in [0.5, 0.6) is 0 Å². The molecule has 0 unspecified atom stereocenters. The fourth-order valence-electron chi connectivity index (χ4n) is 3.51. The SMILES string of the molecule is CCCN(C)C(=O)Cc1ccc(N(Cc2cccc(F)c2)C(=O)c2ccc(C)cc2)cc1. The molecule has 0 N–H and O–H groups in total. The van der Waals surface area contributed by atoms with Gasteiger partial charge in [0.25, 0.3) is 5.91 Å². The molecule has 4 nitrogen and oxygen atoms in total. The van der Waals surface area contributed by atoms with E-state index in [4.69, 9.17) is 0 Å². The summed E-state index contributed by atoms with van der Waals surface area (Å²) in [5.74, 6) is -0.442. The topological polar surface area (TPSA) is 40.6 Å². The molecule has 0 radical (unpaired) electrons. The molecule has 0 bridgehead atoms. The second kappa shape index (κ2) is 10.7. The van der Waals surface area contributed by atoms with Gasteiger partial charge < -0.3 is 9.80 Å². The molecule has 0 heterocycles. The number of carbonyl (C=O) groups excluding carboxylic acids is 2. The Labute approximate surface area is 189 Å². The maximum atomic E-state index is 13.7. The van der Waals surface area contributed by atoms with Gasteiger partial charge in [0, 0.05) is 24.8 Å². The van der Waals surface area contributed by atoms with Gasteiger partial charge in [0.15, 0.2) is 0 Å². The Morgan fingerprint density at radius 3 is 2.22 bits per heavy atom. The average molecular weight is 433 g/mol. The summed E-state index contributed by atoms with van der Waals surface area (Å²) >= 11 is 0. The van der Waals surface area contributed by atoms with E-state index in [0.717, 1.165) is 24.1 Å². The van der Waals surface area contributed by atoms with Crippen LogP contribution < -0.4 is 4.90 Å². The Morgan fingerprint density at radius 2 is 1.59 bits per heavy atom. The minimum Gasteiger partial charge on any atom is -0.345 e. The van der Waals surface area contributed by atoms with Crippen LogP contribution in [0.1, 0.15) is 40.4 Å². The van der Waals surface area contributed by atoms with E-state index in [0.29, 0.717) is 23.2 Å². The second-order valence-electron chi connectivity index (χ2n) is 8.05. The molecule has 0 saturated heterocycles. The van der Waals surface area contributed by atoms with Gasteiger partial charge in [-0.05, 0) is 60.9 Å². The lowest BCUT2D eigenvalue weighted by atomic mass is 10.1. The number of amides is 2. The summed E-state index contributed by atoms with van der Waals surface area (Å²) in [6, 6.07) is 21.1. The number of likely N-dealkylation sites (N-methyl/N-ethyl adjacent to an activating group) is 1. The van der Waals surface area contributed by atoms with Gasteiger partial charge in [0.2, 0.25) is 5.91 Å². The molecule has 5 heteroatoms. The van der Waals surface area contributed by atoms with E-state index in [1.54, 1.807) is 41.1 Å². The van der Waals surface area contributed by atoms with Crippen LogP contribution in [0.2, 0.25) is 0 Å². The minimum absolute atomic E-state index is 0.0620. The first-order valence-electron chi connectivity index (χ1n) is 10.8. The van der Waals surface area contributed by atoms with Gasteiger partial charge in [-0.15, -0.1) is 0 Å². The van der Waals surface area contributed by atoms with E-state index < -0.39 is 0 Å². The number of benzene rings is 3. The first-order valence-corrected chi connectivity index (χ1v) is 10.8. The quantitative estimate of drug-likeness (QED) is 0.479. The van der Waals surface area contributed by atoms with E-state index in [1.165, 1.54) is 12.1 Å². The van der Waals surface area contributed by atoms with Gasteiger partial charge >= 0.3 is 0 Å². The lowest BCUT2D eigenvalue weighted by molar-refractivity contribution is -0.129. The second-order valence-corrected chi connectivity index (χ2v) is 8.05. The zero-order chi connectivity index (χ0) is 23.1. The third-order valence-electron chi connectivity index (χ3n) is 5.36. The predicted octanol–water partition coefficient (Wildman–Crippen LogP) is 5.39. The van der Waals surface area contributed by atoms with Gasteiger partial charge in [-0.3, -0.25) is 9.59 Å². The van der Waals surface area contributed by atoms with Crippen molar-refractivity contribution < 1.29 is 14.0 Å². The van der Waals surface area contributed by atoms with Crippen LogP contribution in [0.3, 0.4) is 0 Å². The Kier molecular flexibility index (Phi) is 7.77. The van der Waals surface area contributed by atoms with Gasteiger partial charge in [-0.25, -0.2) is 4.39 Å². The first-order chi connectivity index (χ1) is 15.4. The van der Waals surface area contributed by atoms with Crippen molar-refractivity contribution in [1.29, 1.82) is 0 Å². The normalized spacial score (nSPS) is 10.6. The number of hydrogen-bond donors (Lipinski definition) is 0. The Balaban J connectivity index is 1.86. The molecular weight excluding hydrogens is 403 g/mol. The molecule has 0 aliphatic rings. The van der Waals surface area contributed by atoms with Crippen molar-refractivity contribution in [2.45, 2.75) is 33.2 Å². The van der Waals surface area contributed by atoms with Crippen LogP contribution in [0.4, 0.5) is 10.1 Å². The number of carbonyl (C=O) groups is 2. The number of nitrogens with zero attached hydrogens (tertiary/aromatic N) is 2. The van der Waals surface area contributed by atoms with Crippen molar-refractivity contribution in [3.63, 3.8) is 0 Å². The van der Waals surface area contributed by atoms with E-state index >= 15 is 0 Å². The predicted molar refractivity (Wildman–Crippen MR) is 126 cm³/mol. The van der Waals surface area contributed by atoms with Crippen LogP contribution >= 0.6 is 0 Å². The lowest BCUT2D eigenvalue weighted by Gasteiger charge is -2.24. The Hall–Kier alpha value is -3.47. The molecule has 2 amide bonds. The fraction of sp³-hybridized carbons (Fsp3) is 0.259. The van der Waals surface area contributed by atoms with Crippen LogP contribution in [-0.4, -0.2) is 30.3 Å². The van der Waals surface area contributed by atoms with Crippen LogP contribution in [0, 0.1) is 12.7 Å². The summed E-state index contributed by atoms with van der Waals surface area (Å²) in [5.41, 5.74) is 3.91. The average Bonchev–Trinajstić information content (AvgIpc) is 2.78. The number of anilines is 1. The maximum Gasteiger partial charge on any atom is 0.258 e. The fourth-order valence-corrected chi connectivity index (χ4v) is 3.51. The zero-order valence-electron chi connectivity index (χ0n) is 18.8. The van der Waals surface area contributed by atoms with Crippen molar-refractivity contribution >= 4 is 17.5 Å². The summed E-state index contributed by atoms with van der Waals surface area (Å²) in [6.07, 6.45) is 1.23. The smallest absolute Gasteiger partial charge is 0.258 e. The third kappa shape index (κ3) is 6.03. The summed E-state index contributed by atoms with van der Waals surface area (Å²) in [5, 5.41) is 0.